The Morgan fingerprint density at radius 3 is 2.59 bits per heavy atom. The van der Waals surface area contributed by atoms with Crippen LogP contribution in [0, 0.1) is 12.3 Å². The molecule has 1 saturated heterocycles. The summed E-state index contributed by atoms with van der Waals surface area (Å²) < 4.78 is 8.00. The second-order valence-corrected chi connectivity index (χ2v) is 6.61. The van der Waals surface area contributed by atoms with E-state index in [9.17, 15) is 5.11 Å². The van der Waals surface area contributed by atoms with Crippen molar-refractivity contribution in [1.82, 2.24) is 19.7 Å². The predicted octanol–water partition coefficient (Wildman–Crippen LogP) is 1.36. The lowest BCUT2D eigenvalue weighted by Crippen LogP contribution is -2.62. The van der Waals surface area contributed by atoms with Crippen LogP contribution < -0.4 is 0 Å². The van der Waals surface area contributed by atoms with Crippen molar-refractivity contribution in [2.45, 2.75) is 65.3 Å². The quantitative estimate of drug-likeness (QED) is 0.890. The Morgan fingerprint density at radius 2 is 2.00 bits per heavy atom. The average Bonchev–Trinajstić information content (AvgIpc) is 2.88. The van der Waals surface area contributed by atoms with Gasteiger partial charge in [-0.1, -0.05) is 0 Å². The summed E-state index contributed by atoms with van der Waals surface area (Å²) in [7, 11) is 0. The Kier molecular flexibility index (Phi) is 4.52. The van der Waals surface area contributed by atoms with Crippen LogP contribution in [-0.2, 0) is 17.8 Å². The predicted molar refractivity (Wildman–Crippen MR) is 83.4 cm³/mol. The summed E-state index contributed by atoms with van der Waals surface area (Å²) in [5.74, 6) is 2.03. The van der Waals surface area contributed by atoms with Crippen molar-refractivity contribution in [1.29, 1.82) is 0 Å². The van der Waals surface area contributed by atoms with E-state index in [1.807, 2.05) is 13.8 Å². The highest BCUT2D eigenvalue weighted by Crippen LogP contribution is 2.51. The highest BCUT2D eigenvalue weighted by molar-refractivity contribution is 5.07. The molecule has 0 bridgehead atoms. The number of ether oxygens (including phenoxy) is 1. The second-order valence-electron chi connectivity index (χ2n) is 6.61. The number of aryl methyl sites for hydroxylation is 1. The standard InChI is InChI=1S/C16H28N4O2/c1-4-20-12(3)17-18-15(20)11-19-8-6-16(7-9-19)13(21)10-14(16)22-5-2/h13-14,21H,4-11H2,1-3H3. The first-order valence-electron chi connectivity index (χ1n) is 8.51. The summed E-state index contributed by atoms with van der Waals surface area (Å²) in [5, 5.41) is 18.7. The largest absolute Gasteiger partial charge is 0.392 e. The molecular formula is C16H28N4O2. The number of likely N-dealkylation sites (tertiary alicyclic amines) is 1. The number of hydrogen-bond donors (Lipinski definition) is 1. The number of nitrogens with zero attached hydrogens (tertiary/aromatic N) is 4. The van der Waals surface area contributed by atoms with Crippen molar-refractivity contribution < 1.29 is 9.84 Å². The molecule has 1 aliphatic heterocycles. The molecule has 1 spiro atoms. The van der Waals surface area contributed by atoms with Crippen LogP contribution in [0.4, 0.5) is 0 Å². The molecule has 124 valence electrons. The molecule has 6 heteroatoms. The van der Waals surface area contributed by atoms with Gasteiger partial charge in [0.05, 0.1) is 18.8 Å². The lowest BCUT2D eigenvalue weighted by molar-refractivity contribution is -0.210. The fourth-order valence-corrected chi connectivity index (χ4v) is 4.10. The van der Waals surface area contributed by atoms with E-state index in [0.29, 0.717) is 0 Å². The second kappa shape index (κ2) is 6.26. The first-order valence-corrected chi connectivity index (χ1v) is 8.51. The molecule has 2 atom stereocenters. The molecule has 6 nitrogen and oxygen atoms in total. The molecule has 0 amide bonds. The summed E-state index contributed by atoms with van der Waals surface area (Å²) in [6.07, 6.45) is 2.89. The van der Waals surface area contributed by atoms with Gasteiger partial charge in [-0.2, -0.15) is 0 Å². The van der Waals surface area contributed by atoms with Gasteiger partial charge in [0.2, 0.25) is 0 Å². The third-order valence-electron chi connectivity index (χ3n) is 5.59. The minimum atomic E-state index is -0.187. The van der Waals surface area contributed by atoms with Gasteiger partial charge >= 0.3 is 0 Å². The molecule has 1 aromatic rings. The fraction of sp³-hybridized carbons (Fsp3) is 0.875. The number of aliphatic hydroxyl groups is 1. The van der Waals surface area contributed by atoms with Gasteiger partial charge in [-0.15, -0.1) is 10.2 Å². The third kappa shape index (κ3) is 2.57. The molecule has 1 N–H and O–H groups in total. The highest BCUT2D eigenvalue weighted by Gasteiger charge is 2.55. The Hall–Kier alpha value is -0.980. The maximum Gasteiger partial charge on any atom is 0.147 e. The summed E-state index contributed by atoms with van der Waals surface area (Å²) in [5.41, 5.74) is 0.000849. The van der Waals surface area contributed by atoms with Crippen molar-refractivity contribution >= 4 is 0 Å². The summed E-state index contributed by atoms with van der Waals surface area (Å²) in [6, 6.07) is 0. The molecule has 2 heterocycles. The van der Waals surface area contributed by atoms with Crippen molar-refractivity contribution in [2.24, 2.45) is 5.41 Å². The number of aliphatic hydroxyl groups excluding tert-OH is 1. The van der Waals surface area contributed by atoms with E-state index in [1.54, 1.807) is 0 Å². The number of piperidine rings is 1. The Morgan fingerprint density at radius 1 is 1.27 bits per heavy atom. The van der Waals surface area contributed by atoms with E-state index in [1.165, 1.54) is 0 Å². The van der Waals surface area contributed by atoms with E-state index in [4.69, 9.17) is 4.74 Å². The Bertz CT molecular complexity index is 506. The van der Waals surface area contributed by atoms with Gasteiger partial charge in [-0.05, 0) is 46.7 Å². The van der Waals surface area contributed by atoms with E-state index in [2.05, 4.69) is 26.6 Å². The third-order valence-corrected chi connectivity index (χ3v) is 5.59. The molecule has 2 unspecified atom stereocenters. The number of aromatic nitrogens is 3. The first-order chi connectivity index (χ1) is 10.6. The lowest BCUT2D eigenvalue weighted by Gasteiger charge is -2.56. The van der Waals surface area contributed by atoms with Crippen LogP contribution in [0.5, 0.6) is 0 Å². The molecule has 0 radical (unpaired) electrons. The average molecular weight is 308 g/mol. The molecule has 1 aliphatic carbocycles. The van der Waals surface area contributed by atoms with Gasteiger partial charge in [-0.3, -0.25) is 4.90 Å². The van der Waals surface area contributed by atoms with Crippen molar-refractivity contribution in [3.63, 3.8) is 0 Å². The zero-order valence-electron chi connectivity index (χ0n) is 14.0. The van der Waals surface area contributed by atoms with Crippen LogP contribution in [0.3, 0.4) is 0 Å². The van der Waals surface area contributed by atoms with Crippen molar-refractivity contribution in [2.75, 3.05) is 19.7 Å². The SMILES string of the molecule is CCOC1CC(O)C12CCN(Cc1nnc(C)n1CC)CC2. The van der Waals surface area contributed by atoms with E-state index in [-0.39, 0.29) is 17.6 Å². The van der Waals surface area contributed by atoms with Gasteiger partial charge < -0.3 is 14.4 Å². The van der Waals surface area contributed by atoms with Gasteiger partial charge in [-0.25, -0.2) is 0 Å². The van der Waals surface area contributed by atoms with Crippen LogP contribution in [0.1, 0.15) is 44.8 Å². The molecule has 0 aromatic carbocycles. The fourth-order valence-electron chi connectivity index (χ4n) is 4.10. The lowest BCUT2D eigenvalue weighted by atomic mass is 9.58. The van der Waals surface area contributed by atoms with Crippen LogP contribution in [0.15, 0.2) is 0 Å². The summed E-state index contributed by atoms with van der Waals surface area (Å²) in [4.78, 5) is 2.43. The van der Waals surface area contributed by atoms with Gasteiger partial charge in [0.15, 0.2) is 0 Å². The first kappa shape index (κ1) is 15.9. The van der Waals surface area contributed by atoms with Crippen LogP contribution in [0.2, 0.25) is 0 Å². The molecule has 3 rings (SSSR count). The number of hydrogen-bond acceptors (Lipinski definition) is 5. The maximum atomic E-state index is 10.3. The zero-order chi connectivity index (χ0) is 15.7. The van der Waals surface area contributed by atoms with Crippen molar-refractivity contribution in [3.8, 4) is 0 Å². The topological polar surface area (TPSA) is 63.4 Å². The monoisotopic (exact) mass is 308 g/mol. The van der Waals surface area contributed by atoms with E-state index in [0.717, 1.165) is 63.7 Å². The van der Waals surface area contributed by atoms with Gasteiger partial charge in [0.1, 0.15) is 11.6 Å². The minimum absolute atomic E-state index is 0.000849. The zero-order valence-corrected chi connectivity index (χ0v) is 14.0. The molecule has 1 aromatic heterocycles. The normalized spacial score (nSPS) is 28.0. The Balaban J connectivity index is 1.60. The van der Waals surface area contributed by atoms with Crippen LogP contribution in [0.25, 0.3) is 0 Å². The molecular weight excluding hydrogens is 280 g/mol. The van der Waals surface area contributed by atoms with Crippen LogP contribution in [-0.4, -0.2) is 56.7 Å². The molecule has 2 aliphatic rings. The van der Waals surface area contributed by atoms with Gasteiger partial charge in [0, 0.05) is 25.0 Å². The minimum Gasteiger partial charge on any atom is -0.392 e. The number of rotatable bonds is 5. The van der Waals surface area contributed by atoms with E-state index < -0.39 is 0 Å². The molecule has 1 saturated carbocycles. The van der Waals surface area contributed by atoms with E-state index >= 15 is 0 Å². The molecule has 2 fully saturated rings. The van der Waals surface area contributed by atoms with Crippen molar-refractivity contribution in [3.05, 3.63) is 11.6 Å². The summed E-state index contributed by atoms with van der Waals surface area (Å²) >= 11 is 0. The molecule has 22 heavy (non-hydrogen) atoms. The Labute approximate surface area is 132 Å². The smallest absolute Gasteiger partial charge is 0.147 e. The van der Waals surface area contributed by atoms with Gasteiger partial charge in [0.25, 0.3) is 0 Å². The maximum absolute atomic E-state index is 10.3. The highest BCUT2D eigenvalue weighted by atomic mass is 16.5. The summed E-state index contributed by atoms with van der Waals surface area (Å²) in [6.45, 7) is 10.7. The van der Waals surface area contributed by atoms with Crippen LogP contribution >= 0.6 is 0 Å².